The molecule has 0 bridgehead atoms. The van der Waals surface area contributed by atoms with Crippen LogP contribution in [0.1, 0.15) is 12.2 Å². The second kappa shape index (κ2) is 5.59. The number of fused-ring (bicyclic) bond motifs is 1. The lowest BCUT2D eigenvalue weighted by Gasteiger charge is -2.28. The van der Waals surface area contributed by atoms with Crippen LogP contribution in [-0.2, 0) is 11.2 Å². The van der Waals surface area contributed by atoms with Crippen molar-refractivity contribution in [3.05, 3.63) is 24.0 Å². The number of hydrogen-bond donors (Lipinski definition) is 2. The zero-order valence-electron chi connectivity index (χ0n) is 11.1. The van der Waals surface area contributed by atoms with Crippen LogP contribution in [0.25, 0.3) is 11.0 Å². The lowest BCUT2D eigenvalue weighted by atomic mass is 10.2. The van der Waals surface area contributed by atoms with Gasteiger partial charge in [0.1, 0.15) is 5.82 Å². The van der Waals surface area contributed by atoms with Crippen LogP contribution in [0.2, 0.25) is 0 Å². The number of nitrogens with one attached hydrogen (secondary N) is 1. The van der Waals surface area contributed by atoms with Crippen molar-refractivity contribution in [1.82, 2.24) is 9.97 Å². The van der Waals surface area contributed by atoms with Crippen LogP contribution in [0.4, 0.5) is 5.69 Å². The number of H-pyrrole nitrogens is 1. The second-order valence-electron chi connectivity index (χ2n) is 4.88. The van der Waals surface area contributed by atoms with Crippen LogP contribution in [0.5, 0.6) is 0 Å². The van der Waals surface area contributed by atoms with Gasteiger partial charge in [-0.2, -0.15) is 0 Å². The maximum atomic E-state index is 5.53. The van der Waals surface area contributed by atoms with E-state index in [2.05, 4.69) is 33.1 Å². The summed E-state index contributed by atoms with van der Waals surface area (Å²) in [5.74, 6) is 1.03. The molecular weight excluding hydrogens is 240 g/mol. The molecule has 0 atom stereocenters. The van der Waals surface area contributed by atoms with E-state index in [-0.39, 0.29) is 0 Å². The van der Waals surface area contributed by atoms with E-state index in [0.29, 0.717) is 6.54 Å². The lowest BCUT2D eigenvalue weighted by Crippen LogP contribution is -2.36. The minimum absolute atomic E-state index is 0.704. The summed E-state index contributed by atoms with van der Waals surface area (Å²) in [6.07, 6.45) is 1.88. The summed E-state index contributed by atoms with van der Waals surface area (Å²) in [5, 5.41) is 0. The molecule has 5 heteroatoms. The third-order valence-corrected chi connectivity index (χ3v) is 3.51. The number of aryl methyl sites for hydroxylation is 1. The van der Waals surface area contributed by atoms with Gasteiger partial charge in [-0.3, -0.25) is 0 Å². The van der Waals surface area contributed by atoms with Gasteiger partial charge >= 0.3 is 0 Å². The summed E-state index contributed by atoms with van der Waals surface area (Å²) in [6.45, 7) is 4.24. The van der Waals surface area contributed by atoms with Gasteiger partial charge in [-0.15, -0.1) is 0 Å². The Kier molecular flexibility index (Phi) is 3.66. The molecule has 102 valence electrons. The highest BCUT2D eigenvalue weighted by atomic mass is 16.5. The number of benzene rings is 1. The maximum absolute atomic E-state index is 5.53. The normalized spacial score (nSPS) is 16.2. The number of nitrogens with two attached hydrogens (primary N) is 1. The number of imidazole rings is 1. The van der Waals surface area contributed by atoms with E-state index in [4.69, 9.17) is 10.5 Å². The largest absolute Gasteiger partial charge is 0.378 e. The fourth-order valence-corrected chi connectivity index (χ4v) is 2.46. The van der Waals surface area contributed by atoms with Crippen molar-refractivity contribution in [1.29, 1.82) is 0 Å². The van der Waals surface area contributed by atoms with Crippen molar-refractivity contribution in [2.75, 3.05) is 37.7 Å². The van der Waals surface area contributed by atoms with Crippen molar-refractivity contribution in [2.45, 2.75) is 12.8 Å². The molecule has 2 aromatic rings. The minimum Gasteiger partial charge on any atom is -0.378 e. The molecule has 3 N–H and O–H groups in total. The monoisotopic (exact) mass is 260 g/mol. The summed E-state index contributed by atoms with van der Waals surface area (Å²) >= 11 is 0. The average Bonchev–Trinajstić information content (AvgIpc) is 2.87. The van der Waals surface area contributed by atoms with E-state index in [1.165, 1.54) is 5.69 Å². The third kappa shape index (κ3) is 2.72. The maximum Gasteiger partial charge on any atom is 0.107 e. The van der Waals surface area contributed by atoms with Crippen LogP contribution in [0.3, 0.4) is 0 Å². The lowest BCUT2D eigenvalue weighted by molar-refractivity contribution is 0.122. The number of morpholine rings is 1. The smallest absolute Gasteiger partial charge is 0.107 e. The summed E-state index contributed by atoms with van der Waals surface area (Å²) in [5.41, 5.74) is 8.91. The summed E-state index contributed by atoms with van der Waals surface area (Å²) < 4.78 is 5.38. The molecule has 1 saturated heterocycles. The SMILES string of the molecule is NCCCc1nc2ccc(N3CCOCC3)cc2[nH]1. The number of hydrogen-bond acceptors (Lipinski definition) is 4. The Morgan fingerprint density at radius 2 is 2.16 bits per heavy atom. The number of anilines is 1. The Labute approximate surface area is 112 Å². The van der Waals surface area contributed by atoms with E-state index in [1.54, 1.807) is 0 Å². The van der Waals surface area contributed by atoms with Crippen molar-refractivity contribution >= 4 is 16.7 Å². The molecule has 0 radical (unpaired) electrons. The first kappa shape index (κ1) is 12.4. The molecule has 1 aromatic carbocycles. The molecule has 0 aliphatic carbocycles. The fraction of sp³-hybridized carbons (Fsp3) is 0.500. The van der Waals surface area contributed by atoms with E-state index in [1.807, 2.05) is 0 Å². The van der Waals surface area contributed by atoms with Crippen molar-refractivity contribution in [2.24, 2.45) is 5.73 Å². The Hall–Kier alpha value is -1.59. The zero-order valence-corrected chi connectivity index (χ0v) is 11.1. The molecule has 1 aromatic heterocycles. The number of ether oxygens (including phenoxy) is 1. The number of rotatable bonds is 4. The van der Waals surface area contributed by atoms with Crippen molar-refractivity contribution in [3.63, 3.8) is 0 Å². The molecule has 0 spiro atoms. The average molecular weight is 260 g/mol. The molecule has 0 saturated carbocycles. The third-order valence-electron chi connectivity index (χ3n) is 3.51. The Balaban J connectivity index is 1.83. The van der Waals surface area contributed by atoms with E-state index < -0.39 is 0 Å². The van der Waals surface area contributed by atoms with Crippen molar-refractivity contribution < 1.29 is 4.74 Å². The topological polar surface area (TPSA) is 67.2 Å². The molecule has 3 rings (SSSR count). The van der Waals surface area contributed by atoms with E-state index in [9.17, 15) is 0 Å². The number of aromatic amines is 1. The van der Waals surface area contributed by atoms with Gasteiger partial charge in [0.05, 0.1) is 24.2 Å². The molecule has 2 heterocycles. The van der Waals surface area contributed by atoms with Crippen LogP contribution >= 0.6 is 0 Å². The van der Waals surface area contributed by atoms with E-state index in [0.717, 1.165) is 56.0 Å². The first-order chi connectivity index (χ1) is 9.36. The van der Waals surface area contributed by atoms with Gasteiger partial charge in [0, 0.05) is 25.2 Å². The van der Waals surface area contributed by atoms with Gasteiger partial charge in [-0.05, 0) is 31.2 Å². The molecule has 1 aliphatic heterocycles. The van der Waals surface area contributed by atoms with Crippen LogP contribution in [0, 0.1) is 0 Å². The van der Waals surface area contributed by atoms with Gasteiger partial charge in [-0.1, -0.05) is 0 Å². The highest BCUT2D eigenvalue weighted by molar-refractivity contribution is 5.79. The molecule has 19 heavy (non-hydrogen) atoms. The molecule has 0 unspecified atom stereocenters. The van der Waals surface area contributed by atoms with Crippen LogP contribution in [-0.4, -0.2) is 42.8 Å². The van der Waals surface area contributed by atoms with E-state index >= 15 is 0 Å². The van der Waals surface area contributed by atoms with Crippen molar-refractivity contribution in [3.8, 4) is 0 Å². The standard InChI is InChI=1S/C14H20N4O/c15-5-1-2-14-16-12-4-3-11(10-13(12)17-14)18-6-8-19-9-7-18/h3-4,10H,1-2,5-9,15H2,(H,16,17). The Morgan fingerprint density at radius 1 is 1.32 bits per heavy atom. The van der Waals surface area contributed by atoms with Gasteiger partial charge < -0.3 is 20.4 Å². The molecule has 5 nitrogen and oxygen atoms in total. The van der Waals surface area contributed by atoms with Crippen LogP contribution in [0.15, 0.2) is 18.2 Å². The predicted octanol–water partition coefficient (Wildman–Crippen LogP) is 1.29. The zero-order chi connectivity index (χ0) is 13.1. The fourth-order valence-electron chi connectivity index (χ4n) is 2.46. The first-order valence-electron chi connectivity index (χ1n) is 6.88. The number of nitrogens with zero attached hydrogens (tertiary/aromatic N) is 2. The van der Waals surface area contributed by atoms with Gasteiger partial charge in [-0.25, -0.2) is 4.98 Å². The summed E-state index contributed by atoms with van der Waals surface area (Å²) in [7, 11) is 0. The summed E-state index contributed by atoms with van der Waals surface area (Å²) in [6, 6.07) is 6.41. The van der Waals surface area contributed by atoms with Gasteiger partial charge in [0.25, 0.3) is 0 Å². The molecule has 0 amide bonds. The first-order valence-corrected chi connectivity index (χ1v) is 6.88. The molecule has 1 fully saturated rings. The molecular formula is C14H20N4O. The van der Waals surface area contributed by atoms with Gasteiger partial charge in [0.2, 0.25) is 0 Å². The second-order valence-corrected chi connectivity index (χ2v) is 4.88. The van der Waals surface area contributed by atoms with Crippen LogP contribution < -0.4 is 10.6 Å². The minimum atomic E-state index is 0.704. The predicted molar refractivity (Wildman–Crippen MR) is 76.5 cm³/mol. The highest BCUT2D eigenvalue weighted by Gasteiger charge is 2.12. The highest BCUT2D eigenvalue weighted by Crippen LogP contribution is 2.21. The van der Waals surface area contributed by atoms with Gasteiger partial charge in [0.15, 0.2) is 0 Å². The summed E-state index contributed by atoms with van der Waals surface area (Å²) in [4.78, 5) is 10.3. The Bertz CT molecular complexity index is 545. The quantitative estimate of drug-likeness (QED) is 0.869. The molecule has 1 aliphatic rings. The Morgan fingerprint density at radius 3 is 2.95 bits per heavy atom. The number of aromatic nitrogens is 2.